The highest BCUT2D eigenvalue weighted by Gasteiger charge is 2.51. The van der Waals surface area contributed by atoms with E-state index in [4.69, 9.17) is 4.43 Å². The molecule has 5 heteroatoms. The Balaban J connectivity index is 2.17. The number of rotatable bonds is 4. The Morgan fingerprint density at radius 2 is 1.42 bits per heavy atom. The highest BCUT2D eigenvalue weighted by Crippen LogP contribution is 2.38. The zero-order valence-corrected chi connectivity index (χ0v) is 17.4. The first-order valence-electron chi connectivity index (χ1n) is 8.93. The normalized spacial score (nSPS) is 20.0. The van der Waals surface area contributed by atoms with Gasteiger partial charge in [-0.15, -0.1) is 0 Å². The molecule has 1 aliphatic heterocycles. The molecule has 26 heavy (non-hydrogen) atoms. The molecule has 0 N–H and O–H groups in total. The van der Waals surface area contributed by atoms with Gasteiger partial charge in [-0.1, -0.05) is 87.5 Å². The number of sulfone groups is 1. The molecule has 0 radical (unpaired) electrons. The summed E-state index contributed by atoms with van der Waals surface area (Å²) >= 11 is 0. The van der Waals surface area contributed by atoms with Gasteiger partial charge < -0.3 is 4.43 Å². The van der Waals surface area contributed by atoms with E-state index in [1.807, 2.05) is 36.4 Å². The van der Waals surface area contributed by atoms with Crippen LogP contribution in [-0.2, 0) is 14.3 Å². The average molecular weight is 387 g/mol. The van der Waals surface area contributed by atoms with Crippen LogP contribution in [0.25, 0.3) is 0 Å². The summed E-state index contributed by atoms with van der Waals surface area (Å²) in [6.45, 7) is 6.60. The van der Waals surface area contributed by atoms with Gasteiger partial charge in [-0.25, -0.2) is 8.42 Å². The van der Waals surface area contributed by atoms with E-state index in [2.05, 4.69) is 45.0 Å². The largest absolute Gasteiger partial charge is 0.403 e. The van der Waals surface area contributed by atoms with E-state index in [1.165, 1.54) is 15.8 Å². The third-order valence-corrected chi connectivity index (χ3v) is 11.4. The van der Waals surface area contributed by atoms with E-state index < -0.39 is 18.2 Å². The van der Waals surface area contributed by atoms with Gasteiger partial charge >= 0.3 is 0 Å². The second-order valence-corrected chi connectivity index (χ2v) is 14.0. The standard InChI is InChI=1S/C21H26O3SSi/c1-21(2,3)26(19-12-6-4-7-13-19,20-14-8-5-9-15-20)24-18-11-10-16-25(22,23)17-18/h4-10,12-16,18H,11,17H2,1-3H3/t18-/m1/s1. The first-order valence-corrected chi connectivity index (χ1v) is 12.6. The van der Waals surface area contributed by atoms with Crippen LogP contribution in [0.5, 0.6) is 0 Å². The van der Waals surface area contributed by atoms with Gasteiger partial charge in [-0.3, -0.25) is 0 Å². The fraction of sp³-hybridized carbons (Fsp3) is 0.333. The number of hydrogen-bond donors (Lipinski definition) is 0. The van der Waals surface area contributed by atoms with Crippen molar-refractivity contribution in [1.29, 1.82) is 0 Å². The fourth-order valence-electron chi connectivity index (χ4n) is 3.76. The van der Waals surface area contributed by atoms with Crippen molar-refractivity contribution in [2.75, 3.05) is 5.75 Å². The van der Waals surface area contributed by atoms with Crippen molar-refractivity contribution in [3.63, 3.8) is 0 Å². The van der Waals surface area contributed by atoms with Crippen LogP contribution < -0.4 is 10.4 Å². The Morgan fingerprint density at radius 3 is 1.85 bits per heavy atom. The summed E-state index contributed by atoms with van der Waals surface area (Å²) in [7, 11) is -5.90. The lowest BCUT2D eigenvalue weighted by molar-refractivity contribution is 0.211. The van der Waals surface area contributed by atoms with Crippen molar-refractivity contribution in [3.05, 3.63) is 72.1 Å². The molecule has 2 aromatic carbocycles. The molecule has 0 aromatic heterocycles. The van der Waals surface area contributed by atoms with Crippen molar-refractivity contribution >= 4 is 28.5 Å². The molecule has 0 saturated heterocycles. The molecule has 0 amide bonds. The smallest absolute Gasteiger partial charge is 0.261 e. The van der Waals surface area contributed by atoms with E-state index in [1.54, 1.807) is 6.08 Å². The second-order valence-electron chi connectivity index (χ2n) is 7.84. The number of hydrogen-bond acceptors (Lipinski definition) is 3. The molecular weight excluding hydrogens is 360 g/mol. The monoisotopic (exact) mass is 386 g/mol. The average Bonchev–Trinajstić information content (AvgIpc) is 2.59. The Hall–Kier alpha value is -1.69. The molecule has 0 spiro atoms. The van der Waals surface area contributed by atoms with E-state index in [9.17, 15) is 8.42 Å². The summed E-state index contributed by atoms with van der Waals surface area (Å²) in [6.07, 6.45) is 2.03. The van der Waals surface area contributed by atoms with Crippen molar-refractivity contribution in [1.82, 2.24) is 0 Å². The van der Waals surface area contributed by atoms with Crippen molar-refractivity contribution < 1.29 is 12.8 Å². The van der Waals surface area contributed by atoms with E-state index in [0.717, 1.165) is 0 Å². The minimum atomic E-state index is -3.20. The van der Waals surface area contributed by atoms with Crippen LogP contribution in [0.3, 0.4) is 0 Å². The Labute approximate surface area is 157 Å². The van der Waals surface area contributed by atoms with Gasteiger partial charge in [0.1, 0.15) is 0 Å². The molecule has 0 aliphatic carbocycles. The van der Waals surface area contributed by atoms with Crippen molar-refractivity contribution in [3.8, 4) is 0 Å². The topological polar surface area (TPSA) is 43.4 Å². The summed E-state index contributed by atoms with van der Waals surface area (Å²) in [5, 5.41) is 3.51. The van der Waals surface area contributed by atoms with Crippen molar-refractivity contribution in [2.45, 2.75) is 38.3 Å². The highest BCUT2D eigenvalue weighted by molar-refractivity contribution is 7.94. The lowest BCUT2D eigenvalue weighted by Gasteiger charge is -2.45. The molecule has 138 valence electrons. The lowest BCUT2D eigenvalue weighted by Crippen LogP contribution is -2.68. The van der Waals surface area contributed by atoms with E-state index in [0.29, 0.717) is 6.42 Å². The SMILES string of the molecule is CC(C)(C)[Si](O[C@@H]1CC=CS(=O)(=O)C1)(c1ccccc1)c1ccccc1. The first kappa shape index (κ1) is 19.1. The molecule has 1 atom stereocenters. The highest BCUT2D eigenvalue weighted by atomic mass is 32.2. The summed E-state index contributed by atoms with van der Waals surface area (Å²) in [4.78, 5) is 0. The van der Waals surface area contributed by atoms with Gasteiger partial charge in [-0.2, -0.15) is 0 Å². The molecule has 0 bridgehead atoms. The minimum Gasteiger partial charge on any atom is -0.403 e. The second kappa shape index (κ2) is 7.14. The van der Waals surface area contributed by atoms with E-state index >= 15 is 0 Å². The van der Waals surface area contributed by atoms with Crippen LogP contribution in [0.2, 0.25) is 5.04 Å². The van der Waals surface area contributed by atoms with Crippen LogP contribution in [0.15, 0.2) is 72.1 Å². The predicted molar refractivity (Wildman–Crippen MR) is 110 cm³/mol. The molecular formula is C21H26O3SSi. The summed E-state index contributed by atoms with van der Waals surface area (Å²) in [5.41, 5.74) is 0. The summed E-state index contributed by atoms with van der Waals surface area (Å²) in [6, 6.07) is 20.6. The molecule has 0 saturated carbocycles. The van der Waals surface area contributed by atoms with Crippen LogP contribution in [0.1, 0.15) is 27.2 Å². The van der Waals surface area contributed by atoms with Crippen LogP contribution >= 0.6 is 0 Å². The van der Waals surface area contributed by atoms with Gasteiger partial charge in [0.25, 0.3) is 8.32 Å². The van der Waals surface area contributed by atoms with Crippen LogP contribution in [-0.4, -0.2) is 28.6 Å². The van der Waals surface area contributed by atoms with Gasteiger partial charge in [0.15, 0.2) is 9.84 Å². The lowest BCUT2D eigenvalue weighted by atomic mass is 10.2. The summed E-state index contributed by atoms with van der Waals surface area (Å²) in [5.74, 6) is 0.0496. The predicted octanol–water partition coefficient (Wildman–Crippen LogP) is 3.26. The Bertz CT molecular complexity index is 829. The van der Waals surface area contributed by atoms with Gasteiger partial charge in [0.05, 0.1) is 11.9 Å². The van der Waals surface area contributed by atoms with Crippen LogP contribution in [0, 0.1) is 0 Å². The van der Waals surface area contributed by atoms with Gasteiger partial charge in [0.2, 0.25) is 0 Å². The zero-order chi connectivity index (χ0) is 18.8. The maximum Gasteiger partial charge on any atom is 0.261 e. The van der Waals surface area contributed by atoms with E-state index in [-0.39, 0.29) is 16.9 Å². The fourth-order valence-corrected chi connectivity index (χ4v) is 9.81. The molecule has 1 aliphatic rings. The number of benzene rings is 2. The molecule has 3 nitrogen and oxygen atoms in total. The Kier molecular flexibility index (Phi) is 5.24. The minimum absolute atomic E-state index is 0.0496. The molecule has 3 rings (SSSR count). The maximum absolute atomic E-state index is 12.1. The molecule has 0 unspecified atom stereocenters. The maximum atomic E-state index is 12.1. The molecule has 2 aromatic rings. The van der Waals surface area contributed by atoms with Gasteiger partial charge in [-0.05, 0) is 21.8 Å². The van der Waals surface area contributed by atoms with Crippen LogP contribution in [0.4, 0.5) is 0 Å². The Morgan fingerprint density at radius 1 is 0.923 bits per heavy atom. The quantitative estimate of drug-likeness (QED) is 0.758. The molecule has 1 heterocycles. The zero-order valence-electron chi connectivity index (χ0n) is 15.6. The van der Waals surface area contributed by atoms with Crippen molar-refractivity contribution in [2.24, 2.45) is 0 Å². The van der Waals surface area contributed by atoms with Gasteiger partial charge in [0, 0.05) is 5.41 Å². The molecule has 0 fully saturated rings. The summed E-state index contributed by atoms with van der Waals surface area (Å²) < 4.78 is 31.1. The third kappa shape index (κ3) is 3.70. The first-order chi connectivity index (χ1) is 12.2. The third-order valence-electron chi connectivity index (χ3n) is 4.88.